The normalized spacial score (nSPS) is 9.96. The highest BCUT2D eigenvalue weighted by Gasteiger charge is 2.07. The molecule has 0 saturated carbocycles. The third-order valence-electron chi connectivity index (χ3n) is 16.0. The van der Waals surface area contributed by atoms with Gasteiger partial charge in [0.25, 0.3) is 0 Å². The molecule has 0 aliphatic rings. The Morgan fingerprint density at radius 1 is 0.315 bits per heavy atom. The summed E-state index contributed by atoms with van der Waals surface area (Å²) in [5.41, 5.74) is 27.3. The van der Waals surface area contributed by atoms with Crippen LogP contribution >= 0.6 is 11.5 Å². The third kappa shape index (κ3) is 24.6. The van der Waals surface area contributed by atoms with Crippen molar-refractivity contribution in [3.63, 3.8) is 0 Å². The fourth-order valence-electron chi connectivity index (χ4n) is 7.21. The van der Waals surface area contributed by atoms with Crippen molar-refractivity contribution in [2.75, 3.05) is 0 Å². The highest BCUT2D eigenvalue weighted by Crippen LogP contribution is 2.19. The van der Waals surface area contributed by atoms with E-state index in [4.69, 9.17) is 0 Å². The third-order valence-corrected chi connectivity index (χ3v) is 16.7. The topological polar surface area (TPSA) is 269 Å². The molecule has 0 radical (unpaired) electrons. The molecule has 486 valence electrons. The van der Waals surface area contributed by atoms with Gasteiger partial charge in [0.1, 0.15) is 34.7 Å². The minimum absolute atomic E-state index is 0.0764. The first-order valence-corrected chi connectivity index (χ1v) is 30.0. The standard InChI is InChI=1S/3C10H15N.C8H12N2.C5H9N3O.2C5H9N3.2C4H6N2O.C4H6N2S/c3*1-6-7(2)9(4)11-10(5)8(6)3;1-5-6(2)9-8(4)10-7(5)3;1-4-6-8(3)5(9)7(4)2;1-4-6-7-5(2)8(4)3;1-4-5(2)8(3)7-6-4;3*1-3-4(2)7-6-5-3/h3*1-5H3;1-4H3;1-3H3;2*1-3H3;3*1-2H3. The number of pyridine rings is 3. The summed E-state index contributed by atoms with van der Waals surface area (Å²) >= 11 is 1.44. The Bertz CT molecular complexity index is 3440. The van der Waals surface area contributed by atoms with E-state index in [2.05, 4.69) is 194 Å². The first kappa shape index (κ1) is 78.6. The summed E-state index contributed by atoms with van der Waals surface area (Å²) < 4.78 is 19.4. The van der Waals surface area contributed by atoms with Crippen LogP contribution in [0.15, 0.2) is 13.8 Å². The molecule has 0 spiro atoms. The Morgan fingerprint density at radius 2 is 0.652 bits per heavy atom. The lowest BCUT2D eigenvalue weighted by Gasteiger charge is -2.09. The minimum Gasteiger partial charge on any atom is -0.342 e. The molecule has 89 heavy (non-hydrogen) atoms. The van der Waals surface area contributed by atoms with Crippen LogP contribution in [0.25, 0.3) is 0 Å². The molecule has 0 aliphatic carbocycles. The molecule has 10 aromatic heterocycles. The maximum absolute atomic E-state index is 10.9. The predicted octanol–water partition coefficient (Wildman–Crippen LogP) is 12.4. The van der Waals surface area contributed by atoms with Gasteiger partial charge >= 0.3 is 5.69 Å². The lowest BCUT2D eigenvalue weighted by Crippen LogP contribution is -2.20. The van der Waals surface area contributed by atoms with E-state index in [1.807, 2.05) is 116 Å². The number of aryl methyl sites for hydroxylation is 21. The quantitative estimate of drug-likeness (QED) is 0.136. The van der Waals surface area contributed by atoms with Gasteiger partial charge in [0.2, 0.25) is 0 Å². The summed E-state index contributed by atoms with van der Waals surface area (Å²) in [7, 11) is 7.17. The maximum atomic E-state index is 10.9. The molecule has 0 fully saturated rings. The Kier molecular flexibility index (Phi) is 32.5. The van der Waals surface area contributed by atoms with Gasteiger partial charge in [0.15, 0.2) is 11.5 Å². The molecule has 0 unspecified atom stereocenters. The zero-order valence-electron chi connectivity index (χ0n) is 60.1. The van der Waals surface area contributed by atoms with E-state index in [1.54, 1.807) is 25.7 Å². The van der Waals surface area contributed by atoms with Crippen molar-refractivity contribution in [1.29, 1.82) is 0 Å². The number of nitrogens with zero attached hydrogens (tertiary/aromatic N) is 20. The summed E-state index contributed by atoms with van der Waals surface area (Å²) in [5, 5.41) is 36.7. The van der Waals surface area contributed by atoms with Gasteiger partial charge in [-0.3, -0.25) is 24.2 Å². The van der Waals surface area contributed by atoms with Crippen molar-refractivity contribution in [3.05, 3.63) is 180 Å². The summed E-state index contributed by atoms with van der Waals surface area (Å²) in [6, 6.07) is 0. The van der Waals surface area contributed by atoms with Crippen LogP contribution in [0, 0.1) is 208 Å². The van der Waals surface area contributed by atoms with Gasteiger partial charge in [-0.2, -0.15) is 5.10 Å². The monoisotopic (exact) mass is 1240 g/mol. The fourth-order valence-corrected chi connectivity index (χ4v) is 7.67. The molecule has 0 bridgehead atoms. The molecule has 10 aromatic rings. The predicted molar refractivity (Wildman–Crippen MR) is 356 cm³/mol. The van der Waals surface area contributed by atoms with E-state index in [-0.39, 0.29) is 5.69 Å². The average Bonchev–Trinajstić information content (AvgIpc) is 3.15. The Hall–Kier alpha value is -8.41. The van der Waals surface area contributed by atoms with Crippen molar-refractivity contribution < 1.29 is 9.05 Å². The second-order valence-corrected chi connectivity index (χ2v) is 23.0. The van der Waals surface area contributed by atoms with E-state index >= 15 is 0 Å². The molecule has 0 amide bonds. The Morgan fingerprint density at radius 3 is 0.798 bits per heavy atom. The van der Waals surface area contributed by atoms with Crippen LogP contribution in [-0.2, 0) is 28.2 Å². The van der Waals surface area contributed by atoms with Gasteiger partial charge in [-0.15, -0.1) is 30.6 Å². The average molecular weight is 1240 g/mol. The summed E-state index contributed by atoms with van der Waals surface area (Å²) in [5.74, 6) is 5.10. The van der Waals surface area contributed by atoms with Crippen LogP contribution in [0.2, 0.25) is 0 Å². The van der Waals surface area contributed by atoms with E-state index in [9.17, 15) is 4.79 Å². The second-order valence-electron chi connectivity index (χ2n) is 22.0. The van der Waals surface area contributed by atoms with Gasteiger partial charge in [-0.1, -0.05) is 9.70 Å². The second kappa shape index (κ2) is 36.8. The number of aromatic nitrogens is 20. The highest BCUT2D eigenvalue weighted by atomic mass is 32.1. The molecule has 23 nitrogen and oxygen atoms in total. The molecule has 24 heteroatoms. The molecule has 0 aliphatic heterocycles. The SMILES string of the molecule is Cc1nc(C)c(C)c(C)c1C.Cc1nc(C)c(C)c(C)c1C.Cc1nc(C)c(C)c(C)c1C.Cc1nc(C)c(C)c(C)n1.Cc1nn(C)c(=O)n1C.Cc1nnc(C)n1C.Cc1nnn(C)c1C.Cc1nnoc1C.Cc1nnoc1C.Cc1nnsc1C. The van der Waals surface area contributed by atoms with E-state index in [1.165, 1.54) is 81.3 Å². The molecule has 0 atom stereocenters. The zero-order valence-corrected chi connectivity index (χ0v) is 60.9. The number of rotatable bonds is 0. The lowest BCUT2D eigenvalue weighted by molar-refractivity contribution is 0.373. The smallest absolute Gasteiger partial charge is 0.342 e. The van der Waals surface area contributed by atoms with Crippen LogP contribution in [0.5, 0.6) is 0 Å². The van der Waals surface area contributed by atoms with Crippen molar-refractivity contribution in [2.24, 2.45) is 28.2 Å². The van der Waals surface area contributed by atoms with Gasteiger partial charge in [0.05, 0.1) is 17.1 Å². The molecule has 10 rings (SSSR count). The van der Waals surface area contributed by atoms with Crippen molar-refractivity contribution in [3.8, 4) is 0 Å². The van der Waals surface area contributed by atoms with Gasteiger partial charge < -0.3 is 13.6 Å². The van der Waals surface area contributed by atoms with Crippen LogP contribution in [-0.4, -0.2) is 99.4 Å². The van der Waals surface area contributed by atoms with Crippen LogP contribution in [0.4, 0.5) is 0 Å². The fraction of sp³-hybridized carbons (Fsp3) is 0.523. The first-order valence-electron chi connectivity index (χ1n) is 29.2. The summed E-state index contributed by atoms with van der Waals surface area (Å²) in [4.78, 5) is 33.8. The van der Waals surface area contributed by atoms with E-state index < -0.39 is 0 Å². The van der Waals surface area contributed by atoms with Crippen LogP contribution in [0.1, 0.15) is 169 Å². The van der Waals surface area contributed by atoms with Gasteiger partial charge in [0, 0.05) is 89.2 Å². The van der Waals surface area contributed by atoms with E-state index in [0.717, 1.165) is 109 Å². The van der Waals surface area contributed by atoms with Gasteiger partial charge in [-0.25, -0.2) is 19.4 Å². The van der Waals surface area contributed by atoms with Crippen LogP contribution < -0.4 is 5.69 Å². The van der Waals surface area contributed by atoms with Crippen LogP contribution in [0.3, 0.4) is 0 Å². The van der Waals surface area contributed by atoms with Crippen molar-refractivity contribution in [1.82, 2.24) is 99.4 Å². The molecule has 10 heterocycles. The van der Waals surface area contributed by atoms with Crippen molar-refractivity contribution >= 4 is 11.5 Å². The van der Waals surface area contributed by atoms with Crippen molar-refractivity contribution in [2.45, 2.75) is 208 Å². The number of hydrogen-bond donors (Lipinski definition) is 0. The molecular formula is C65H102N20O3S. The molecule has 0 saturated heterocycles. The van der Waals surface area contributed by atoms with Gasteiger partial charge in [-0.05, 0) is 275 Å². The summed E-state index contributed by atoms with van der Waals surface area (Å²) in [6.07, 6.45) is 0. The molecule has 0 aromatic carbocycles. The molecular weight excluding hydrogens is 1140 g/mol. The highest BCUT2D eigenvalue weighted by molar-refractivity contribution is 7.05. The largest absolute Gasteiger partial charge is 0.345 e. The zero-order chi connectivity index (χ0) is 68.6. The Balaban J connectivity index is 0.000000497. The lowest BCUT2D eigenvalue weighted by atomic mass is 10.0. The minimum atomic E-state index is -0.0764. The molecule has 0 N–H and O–H groups in total. The summed E-state index contributed by atoms with van der Waals surface area (Å²) in [6.45, 7) is 60.6. The van der Waals surface area contributed by atoms with E-state index in [0.29, 0.717) is 0 Å². The maximum Gasteiger partial charge on any atom is 0.345 e. The Labute approximate surface area is 533 Å². The number of hydrogen-bond acceptors (Lipinski definition) is 20. The first-order chi connectivity index (χ1) is 41.2.